The molecule has 7 heteroatoms. The molecule has 1 aromatic carbocycles. The Morgan fingerprint density at radius 2 is 1.90 bits per heavy atom. The maximum atomic E-state index is 12.0. The van der Waals surface area contributed by atoms with Crippen LogP contribution in [0.5, 0.6) is 5.75 Å². The molecule has 1 heterocycles. The van der Waals surface area contributed by atoms with Crippen LogP contribution in [-0.4, -0.2) is 23.3 Å². The first kappa shape index (κ1) is 13.6. The van der Waals surface area contributed by atoms with Gasteiger partial charge < -0.3 is 10.1 Å². The Kier molecular flexibility index (Phi) is 3.54. The highest BCUT2D eigenvalue weighted by Gasteiger charge is 2.35. The number of amidine groups is 1. The van der Waals surface area contributed by atoms with Crippen molar-refractivity contribution in [2.75, 3.05) is 11.9 Å². The summed E-state index contributed by atoms with van der Waals surface area (Å²) in [5.74, 6) is 0.561. The molecular weight excluding hydrogens is 289 g/mol. The third-order valence-electron chi connectivity index (χ3n) is 3.16. The van der Waals surface area contributed by atoms with Crippen LogP contribution in [0.15, 0.2) is 29.3 Å². The highest BCUT2D eigenvalue weighted by Crippen LogP contribution is 2.42. The van der Waals surface area contributed by atoms with Crippen LogP contribution >= 0.6 is 11.8 Å². The smallest absolute Gasteiger partial charge is 0.406 e. The highest BCUT2D eigenvalue weighted by atomic mass is 32.2. The predicted molar refractivity (Wildman–Crippen MR) is 73.2 cm³/mol. The van der Waals surface area contributed by atoms with Crippen molar-refractivity contribution in [2.45, 2.75) is 24.5 Å². The molecule has 1 aliphatic heterocycles. The average molecular weight is 302 g/mol. The molecule has 0 spiro atoms. The minimum Gasteiger partial charge on any atom is -0.406 e. The van der Waals surface area contributed by atoms with Crippen molar-refractivity contribution in [1.29, 1.82) is 0 Å². The summed E-state index contributed by atoms with van der Waals surface area (Å²) in [6.07, 6.45) is -2.09. The maximum Gasteiger partial charge on any atom is 0.573 e. The Balaban J connectivity index is 1.55. The first-order valence-corrected chi connectivity index (χ1v) is 7.21. The number of nitrogens with one attached hydrogen (secondary N) is 1. The van der Waals surface area contributed by atoms with Crippen LogP contribution in [0.3, 0.4) is 0 Å². The summed E-state index contributed by atoms with van der Waals surface area (Å²) in [6, 6.07) is 5.67. The van der Waals surface area contributed by atoms with Crippen LogP contribution in [0.25, 0.3) is 0 Å². The molecule has 1 N–H and O–H groups in total. The third kappa shape index (κ3) is 3.59. The lowest BCUT2D eigenvalue weighted by molar-refractivity contribution is -0.274. The monoisotopic (exact) mass is 302 g/mol. The van der Waals surface area contributed by atoms with Gasteiger partial charge in [-0.05, 0) is 43.0 Å². The van der Waals surface area contributed by atoms with Gasteiger partial charge in [-0.3, -0.25) is 4.99 Å². The topological polar surface area (TPSA) is 33.6 Å². The number of alkyl halides is 3. The number of halogens is 3. The molecule has 1 saturated carbocycles. The fourth-order valence-corrected chi connectivity index (χ4v) is 3.26. The minimum absolute atomic E-state index is 0.222. The van der Waals surface area contributed by atoms with Crippen LogP contribution in [0.1, 0.15) is 12.8 Å². The fourth-order valence-electron chi connectivity index (χ4n) is 2.04. The Labute approximate surface area is 118 Å². The van der Waals surface area contributed by atoms with Crippen molar-refractivity contribution >= 4 is 22.6 Å². The maximum absolute atomic E-state index is 12.0. The van der Waals surface area contributed by atoms with Crippen LogP contribution in [0.4, 0.5) is 18.9 Å². The van der Waals surface area contributed by atoms with Gasteiger partial charge in [0, 0.05) is 10.9 Å². The molecule has 1 atom stereocenters. The predicted octanol–water partition coefficient (Wildman–Crippen LogP) is 3.88. The van der Waals surface area contributed by atoms with Crippen LogP contribution in [0.2, 0.25) is 0 Å². The summed E-state index contributed by atoms with van der Waals surface area (Å²) in [5, 5.41) is 4.52. The summed E-state index contributed by atoms with van der Waals surface area (Å²) >= 11 is 1.72. The van der Waals surface area contributed by atoms with E-state index in [1.807, 2.05) is 0 Å². The van der Waals surface area contributed by atoms with E-state index in [9.17, 15) is 13.2 Å². The van der Waals surface area contributed by atoms with Gasteiger partial charge in [0.05, 0.1) is 6.54 Å². The first-order chi connectivity index (χ1) is 9.49. The van der Waals surface area contributed by atoms with E-state index in [-0.39, 0.29) is 5.75 Å². The van der Waals surface area contributed by atoms with Gasteiger partial charge in [-0.2, -0.15) is 0 Å². The largest absolute Gasteiger partial charge is 0.573 e. The summed E-state index contributed by atoms with van der Waals surface area (Å²) in [4.78, 5) is 4.41. The molecule has 2 aliphatic rings. The first-order valence-electron chi connectivity index (χ1n) is 6.33. The minimum atomic E-state index is -4.65. The molecule has 1 aliphatic carbocycles. The van der Waals surface area contributed by atoms with Crippen LogP contribution < -0.4 is 10.1 Å². The van der Waals surface area contributed by atoms with Gasteiger partial charge in [0.15, 0.2) is 5.17 Å². The number of rotatable bonds is 3. The average Bonchev–Trinajstić information content (AvgIpc) is 3.11. The number of nitrogens with zero attached hydrogens (tertiary/aromatic N) is 1. The van der Waals surface area contributed by atoms with E-state index in [1.54, 1.807) is 23.9 Å². The van der Waals surface area contributed by atoms with Gasteiger partial charge in [0.1, 0.15) is 5.75 Å². The number of aliphatic imine (C=N–C) groups is 1. The van der Waals surface area contributed by atoms with Crippen molar-refractivity contribution in [3.8, 4) is 5.75 Å². The van der Waals surface area contributed by atoms with Gasteiger partial charge in [0.25, 0.3) is 0 Å². The van der Waals surface area contributed by atoms with Gasteiger partial charge in [-0.25, -0.2) is 0 Å². The summed E-state index contributed by atoms with van der Waals surface area (Å²) < 4.78 is 39.9. The standard InChI is InChI=1S/C13H13F3N2OS/c14-13(15,16)19-10-5-3-9(4-6-10)18-12-17-7-11(20-12)8-1-2-8/h3-6,8,11H,1-2,7H2,(H,17,18). The number of anilines is 1. The Hall–Kier alpha value is -1.37. The Morgan fingerprint density at radius 1 is 1.20 bits per heavy atom. The molecule has 20 heavy (non-hydrogen) atoms. The molecule has 0 aromatic heterocycles. The number of hydrogen-bond donors (Lipinski definition) is 1. The van der Waals surface area contributed by atoms with Gasteiger partial charge in [0.2, 0.25) is 0 Å². The normalized spacial score (nSPS) is 22.6. The van der Waals surface area contributed by atoms with E-state index in [1.165, 1.54) is 25.0 Å². The van der Waals surface area contributed by atoms with Crippen LogP contribution in [0, 0.1) is 5.92 Å². The molecule has 3 rings (SSSR count). The van der Waals surface area contributed by atoms with Crippen molar-refractivity contribution in [2.24, 2.45) is 10.9 Å². The lowest BCUT2D eigenvalue weighted by atomic mass is 10.3. The third-order valence-corrected chi connectivity index (χ3v) is 4.46. The van der Waals surface area contributed by atoms with Crippen molar-refractivity contribution in [3.63, 3.8) is 0 Å². The molecule has 108 valence electrons. The molecule has 0 bridgehead atoms. The van der Waals surface area contributed by atoms with Gasteiger partial charge in [-0.1, -0.05) is 11.8 Å². The van der Waals surface area contributed by atoms with Crippen molar-refractivity contribution in [1.82, 2.24) is 0 Å². The zero-order valence-corrected chi connectivity index (χ0v) is 11.3. The zero-order chi connectivity index (χ0) is 14.2. The summed E-state index contributed by atoms with van der Waals surface area (Å²) in [6.45, 7) is 0.826. The van der Waals surface area contributed by atoms with E-state index in [0.717, 1.165) is 17.6 Å². The number of hydrogen-bond acceptors (Lipinski definition) is 4. The molecule has 1 aromatic rings. The second-order valence-electron chi connectivity index (χ2n) is 4.84. The van der Waals surface area contributed by atoms with Crippen LogP contribution in [-0.2, 0) is 0 Å². The summed E-state index contributed by atoms with van der Waals surface area (Å²) in [5.41, 5.74) is 0.710. The molecule has 0 radical (unpaired) electrons. The SMILES string of the molecule is FC(F)(F)Oc1ccc(NC2=NCC(C3CC3)S2)cc1. The Morgan fingerprint density at radius 3 is 2.50 bits per heavy atom. The molecule has 0 saturated heterocycles. The van der Waals surface area contributed by atoms with Crippen molar-refractivity contribution < 1.29 is 17.9 Å². The van der Waals surface area contributed by atoms with Crippen molar-refractivity contribution in [3.05, 3.63) is 24.3 Å². The number of ether oxygens (including phenoxy) is 1. The van der Waals surface area contributed by atoms with E-state index < -0.39 is 6.36 Å². The van der Waals surface area contributed by atoms with E-state index in [4.69, 9.17) is 0 Å². The van der Waals surface area contributed by atoms with E-state index >= 15 is 0 Å². The fraction of sp³-hybridized carbons (Fsp3) is 0.462. The molecule has 1 unspecified atom stereocenters. The highest BCUT2D eigenvalue weighted by molar-refractivity contribution is 8.15. The summed E-state index contributed by atoms with van der Waals surface area (Å²) in [7, 11) is 0. The van der Waals surface area contributed by atoms with E-state index in [0.29, 0.717) is 10.9 Å². The van der Waals surface area contributed by atoms with Gasteiger partial charge in [-0.15, -0.1) is 13.2 Å². The zero-order valence-electron chi connectivity index (χ0n) is 10.5. The lowest BCUT2D eigenvalue weighted by Gasteiger charge is -2.10. The lowest BCUT2D eigenvalue weighted by Crippen LogP contribution is -2.17. The molecule has 3 nitrogen and oxygen atoms in total. The number of thioether (sulfide) groups is 1. The molecular formula is C13H13F3N2OS. The Bertz CT molecular complexity index is 511. The quantitative estimate of drug-likeness (QED) is 0.920. The second kappa shape index (κ2) is 5.20. The van der Waals surface area contributed by atoms with E-state index in [2.05, 4.69) is 15.0 Å². The molecule has 0 amide bonds. The second-order valence-corrected chi connectivity index (χ2v) is 6.06. The molecule has 1 fully saturated rings. The van der Waals surface area contributed by atoms with Gasteiger partial charge >= 0.3 is 6.36 Å². The number of benzene rings is 1.